The normalized spacial score (nSPS) is 20.8. The molecule has 2 rings (SSSR count). The first-order valence-corrected chi connectivity index (χ1v) is 10.6. The Morgan fingerprint density at radius 3 is 2.00 bits per heavy atom. The average Bonchev–Trinajstić information content (AvgIpc) is 2.54. The molecule has 25 heavy (non-hydrogen) atoms. The third-order valence-electron chi connectivity index (χ3n) is 5.36. The lowest BCUT2D eigenvalue weighted by Gasteiger charge is -2.34. The van der Waals surface area contributed by atoms with Gasteiger partial charge in [0.05, 0.1) is 0 Å². The molecule has 0 heterocycles. The van der Waals surface area contributed by atoms with E-state index < -0.39 is 0 Å². The monoisotopic (exact) mass is 353 g/mol. The number of carbonyl (C=O) groups is 1. The van der Waals surface area contributed by atoms with Crippen LogP contribution in [-0.4, -0.2) is 30.7 Å². The molecule has 148 valence electrons. The molecule has 2 aliphatic carbocycles. The average molecular weight is 354 g/mol. The van der Waals surface area contributed by atoms with E-state index in [1.54, 1.807) is 0 Å². The van der Waals surface area contributed by atoms with Crippen molar-refractivity contribution in [2.45, 2.75) is 117 Å². The van der Waals surface area contributed by atoms with Crippen molar-refractivity contribution in [1.29, 1.82) is 0 Å². The van der Waals surface area contributed by atoms with Crippen molar-refractivity contribution in [2.24, 2.45) is 5.41 Å². The lowest BCUT2D eigenvalue weighted by atomic mass is 9.75. The van der Waals surface area contributed by atoms with Gasteiger partial charge in [-0.15, -0.1) is 0 Å². The maximum Gasteiger partial charge on any atom is 0.315 e. The molecule has 0 saturated heterocycles. The first kappa shape index (κ1) is 22.3. The third kappa shape index (κ3) is 10.7. The van der Waals surface area contributed by atoms with Crippen molar-refractivity contribution < 1.29 is 4.79 Å². The molecule has 4 heteroatoms. The van der Waals surface area contributed by atoms with Crippen LogP contribution in [0.1, 0.15) is 98.8 Å². The van der Waals surface area contributed by atoms with Crippen molar-refractivity contribution in [3.8, 4) is 0 Å². The van der Waals surface area contributed by atoms with Gasteiger partial charge in [-0.25, -0.2) is 4.79 Å². The van der Waals surface area contributed by atoms with Gasteiger partial charge in [0.25, 0.3) is 0 Å². The van der Waals surface area contributed by atoms with Crippen molar-refractivity contribution in [3.63, 3.8) is 0 Å². The van der Waals surface area contributed by atoms with Crippen LogP contribution in [0, 0.1) is 5.41 Å². The van der Waals surface area contributed by atoms with Crippen molar-refractivity contribution in [3.05, 3.63) is 0 Å². The lowest BCUT2D eigenvalue weighted by Crippen LogP contribution is -2.45. The first-order chi connectivity index (χ1) is 11.8. The molecule has 4 nitrogen and oxygen atoms in total. The zero-order chi connectivity index (χ0) is 18.7. The Morgan fingerprint density at radius 2 is 1.48 bits per heavy atom. The maximum absolute atomic E-state index is 11.3. The van der Waals surface area contributed by atoms with Crippen molar-refractivity contribution in [2.75, 3.05) is 6.54 Å². The summed E-state index contributed by atoms with van der Waals surface area (Å²) < 4.78 is 0. The summed E-state index contributed by atoms with van der Waals surface area (Å²) >= 11 is 0. The Bertz CT molecular complexity index is 356. The highest BCUT2D eigenvalue weighted by Crippen LogP contribution is 2.34. The molecule has 0 aromatic heterocycles. The summed E-state index contributed by atoms with van der Waals surface area (Å²) in [6, 6.07) is 1.27. The molecule has 0 radical (unpaired) electrons. The van der Waals surface area contributed by atoms with Crippen LogP contribution in [0.4, 0.5) is 4.79 Å². The number of urea groups is 1. The van der Waals surface area contributed by atoms with E-state index in [1.165, 1.54) is 57.9 Å². The SMILES string of the molecule is CC(C)NC(=O)NC1CCCCC1.CC(C)NCC1(C)CCCCC1. The van der Waals surface area contributed by atoms with Gasteiger partial charge < -0.3 is 16.0 Å². The Labute approximate surface area is 156 Å². The fourth-order valence-electron chi connectivity index (χ4n) is 3.77. The standard InChI is InChI=1S/C11H23N.C10H20N2O/c1-10(2)12-9-11(3)7-5-4-6-8-11;1-8(2)11-10(13)12-9-6-4-3-5-7-9/h10,12H,4-9H2,1-3H3;8-9H,3-7H2,1-2H3,(H2,11,12,13). The van der Waals surface area contributed by atoms with Gasteiger partial charge in [0.15, 0.2) is 0 Å². The molecule has 2 aliphatic rings. The van der Waals surface area contributed by atoms with E-state index >= 15 is 0 Å². The van der Waals surface area contributed by atoms with Crippen LogP contribution in [0.2, 0.25) is 0 Å². The number of rotatable bonds is 5. The van der Waals surface area contributed by atoms with Crippen LogP contribution in [-0.2, 0) is 0 Å². The Balaban J connectivity index is 0.000000251. The van der Waals surface area contributed by atoms with E-state index in [4.69, 9.17) is 0 Å². The molecular formula is C21H43N3O. The molecule has 2 amide bonds. The summed E-state index contributed by atoms with van der Waals surface area (Å²) in [4.78, 5) is 11.3. The highest BCUT2D eigenvalue weighted by Gasteiger charge is 2.26. The third-order valence-corrected chi connectivity index (χ3v) is 5.36. The van der Waals surface area contributed by atoms with Gasteiger partial charge in [-0.05, 0) is 44.9 Å². The minimum Gasteiger partial charge on any atom is -0.336 e. The topological polar surface area (TPSA) is 53.2 Å². The molecule has 0 spiro atoms. The van der Waals surface area contributed by atoms with Crippen LogP contribution >= 0.6 is 0 Å². The number of carbonyl (C=O) groups excluding carboxylic acids is 1. The fourth-order valence-corrected chi connectivity index (χ4v) is 3.77. The van der Waals surface area contributed by atoms with E-state index in [9.17, 15) is 4.79 Å². The predicted molar refractivity (Wildman–Crippen MR) is 108 cm³/mol. The Kier molecular flexibility index (Phi) is 10.5. The second-order valence-corrected chi connectivity index (χ2v) is 9.01. The summed E-state index contributed by atoms with van der Waals surface area (Å²) in [6.45, 7) is 12.0. The Hall–Kier alpha value is -0.770. The molecule has 0 unspecified atom stereocenters. The smallest absolute Gasteiger partial charge is 0.315 e. The molecule has 2 fully saturated rings. The van der Waals surface area contributed by atoms with Gasteiger partial charge >= 0.3 is 6.03 Å². The fraction of sp³-hybridized carbons (Fsp3) is 0.952. The van der Waals surface area contributed by atoms with Crippen LogP contribution in [0.25, 0.3) is 0 Å². The summed E-state index contributed by atoms with van der Waals surface area (Å²) in [6.07, 6.45) is 13.3. The summed E-state index contributed by atoms with van der Waals surface area (Å²) in [5.74, 6) is 0. The molecule has 0 bridgehead atoms. The van der Waals surface area contributed by atoms with Crippen molar-refractivity contribution in [1.82, 2.24) is 16.0 Å². The Morgan fingerprint density at radius 1 is 0.920 bits per heavy atom. The second kappa shape index (κ2) is 11.8. The van der Waals surface area contributed by atoms with Crippen LogP contribution in [0.15, 0.2) is 0 Å². The quantitative estimate of drug-likeness (QED) is 0.653. The molecule has 0 aromatic carbocycles. The molecule has 3 N–H and O–H groups in total. The second-order valence-electron chi connectivity index (χ2n) is 9.01. The van der Waals surface area contributed by atoms with Gasteiger partial charge in [0.2, 0.25) is 0 Å². The van der Waals surface area contributed by atoms with Crippen LogP contribution in [0.5, 0.6) is 0 Å². The zero-order valence-corrected chi connectivity index (χ0v) is 17.4. The molecule has 0 atom stereocenters. The van der Waals surface area contributed by atoms with Crippen molar-refractivity contribution >= 4 is 6.03 Å². The molecule has 2 saturated carbocycles. The van der Waals surface area contributed by atoms with E-state index in [1.807, 2.05) is 13.8 Å². The van der Waals surface area contributed by atoms with Gasteiger partial charge in [0, 0.05) is 24.7 Å². The minimum atomic E-state index is -0.0121. The van der Waals surface area contributed by atoms with Gasteiger partial charge in [-0.3, -0.25) is 0 Å². The minimum absolute atomic E-state index is 0.0121. The summed E-state index contributed by atoms with van der Waals surface area (Å²) in [7, 11) is 0. The van der Waals surface area contributed by atoms with Gasteiger partial charge in [-0.2, -0.15) is 0 Å². The number of nitrogens with one attached hydrogen (secondary N) is 3. The molecule has 0 aromatic rings. The number of amides is 2. The van der Waals surface area contributed by atoms with Gasteiger partial charge in [0.1, 0.15) is 0 Å². The van der Waals surface area contributed by atoms with Crippen LogP contribution < -0.4 is 16.0 Å². The van der Waals surface area contributed by atoms with E-state index in [0.717, 1.165) is 12.8 Å². The highest BCUT2D eigenvalue weighted by molar-refractivity contribution is 5.74. The van der Waals surface area contributed by atoms with Crippen LogP contribution in [0.3, 0.4) is 0 Å². The first-order valence-electron chi connectivity index (χ1n) is 10.6. The largest absolute Gasteiger partial charge is 0.336 e. The van der Waals surface area contributed by atoms with E-state index in [0.29, 0.717) is 17.5 Å². The van der Waals surface area contributed by atoms with E-state index in [2.05, 4.69) is 36.7 Å². The lowest BCUT2D eigenvalue weighted by molar-refractivity contribution is 0.203. The maximum atomic E-state index is 11.3. The van der Waals surface area contributed by atoms with E-state index in [-0.39, 0.29) is 12.1 Å². The summed E-state index contributed by atoms with van der Waals surface area (Å²) in [5, 5.41) is 9.40. The zero-order valence-electron chi connectivity index (χ0n) is 17.4. The predicted octanol–water partition coefficient (Wildman–Crippen LogP) is 4.98. The summed E-state index contributed by atoms with van der Waals surface area (Å²) in [5.41, 5.74) is 0.600. The number of hydrogen-bond acceptors (Lipinski definition) is 2. The number of hydrogen-bond donors (Lipinski definition) is 3. The van der Waals surface area contributed by atoms with Gasteiger partial charge in [-0.1, -0.05) is 59.3 Å². The molecule has 0 aliphatic heterocycles. The highest BCUT2D eigenvalue weighted by atomic mass is 16.2. The molecular weight excluding hydrogens is 310 g/mol.